The molecule has 1 amide bonds. The highest BCUT2D eigenvalue weighted by molar-refractivity contribution is 9.10. The van der Waals surface area contributed by atoms with Gasteiger partial charge in [0, 0.05) is 11.6 Å². The Bertz CT molecular complexity index is 1410. The van der Waals surface area contributed by atoms with Crippen LogP contribution in [0.4, 0.5) is 5.69 Å². The van der Waals surface area contributed by atoms with Crippen LogP contribution in [0.2, 0.25) is 15.1 Å². The number of nitrogens with zero attached hydrogens (tertiary/aromatic N) is 2. The number of halogens is 4. The van der Waals surface area contributed by atoms with Crippen molar-refractivity contribution in [2.75, 3.05) is 13.7 Å². The Morgan fingerprint density at radius 1 is 1.05 bits per heavy atom. The predicted octanol–water partition coefficient (Wildman–Crippen LogP) is 9.26. The van der Waals surface area contributed by atoms with Gasteiger partial charge in [-0.25, -0.2) is 4.99 Å². The molecule has 0 radical (unpaired) electrons. The normalized spacial score (nSPS) is 15.7. The summed E-state index contributed by atoms with van der Waals surface area (Å²) in [5.74, 6) is 1.25. The van der Waals surface area contributed by atoms with Crippen molar-refractivity contribution in [3.8, 4) is 11.5 Å². The van der Waals surface area contributed by atoms with Crippen LogP contribution in [0, 0.1) is 5.92 Å². The van der Waals surface area contributed by atoms with Gasteiger partial charge in [-0.2, -0.15) is 0 Å². The molecule has 1 heterocycles. The maximum Gasteiger partial charge on any atom is 0.266 e. The molecule has 0 spiro atoms. The number of aliphatic imine (C=N–C) groups is 1. The molecule has 3 aromatic carbocycles. The molecule has 198 valence electrons. The largest absolute Gasteiger partial charge is 0.493 e. The van der Waals surface area contributed by atoms with Gasteiger partial charge >= 0.3 is 0 Å². The molecule has 10 heteroatoms. The molecule has 0 aromatic heterocycles. The molecular weight excluding hydrogens is 631 g/mol. The standard InChI is InChI=1S/C28H24BrCl3N2O3S/c1-16(2)14-34-27(35)25(38-28(34)33-20-7-5-19(30)6-8-20)13-18-10-21(29)26(24(12-18)36-3)37-15-17-4-9-22(31)23(32)11-17/h4-13,16H,14-15H2,1-3H3/b25-13-,33-28?. The lowest BCUT2D eigenvalue weighted by molar-refractivity contribution is -0.122. The molecule has 1 aliphatic heterocycles. The summed E-state index contributed by atoms with van der Waals surface area (Å²) in [5, 5.41) is 2.21. The van der Waals surface area contributed by atoms with Crippen molar-refractivity contribution in [1.82, 2.24) is 4.90 Å². The summed E-state index contributed by atoms with van der Waals surface area (Å²) in [7, 11) is 1.57. The zero-order chi connectivity index (χ0) is 27.4. The first-order valence-corrected chi connectivity index (χ1v) is 14.4. The topological polar surface area (TPSA) is 51.1 Å². The van der Waals surface area contributed by atoms with Gasteiger partial charge in [-0.15, -0.1) is 0 Å². The van der Waals surface area contributed by atoms with Crippen LogP contribution in [0.3, 0.4) is 0 Å². The van der Waals surface area contributed by atoms with Gasteiger partial charge in [0.15, 0.2) is 16.7 Å². The Labute approximate surface area is 249 Å². The first-order chi connectivity index (χ1) is 18.1. The average molecular weight is 655 g/mol. The summed E-state index contributed by atoms with van der Waals surface area (Å²) in [4.78, 5) is 20.4. The number of benzene rings is 3. The van der Waals surface area contributed by atoms with Crippen molar-refractivity contribution in [2.24, 2.45) is 10.9 Å². The number of rotatable bonds is 8. The van der Waals surface area contributed by atoms with E-state index < -0.39 is 0 Å². The summed E-state index contributed by atoms with van der Waals surface area (Å²) >= 11 is 23.1. The molecule has 0 bridgehead atoms. The van der Waals surface area contributed by atoms with Gasteiger partial charge < -0.3 is 9.47 Å². The molecule has 3 aromatic rings. The Balaban J connectivity index is 1.61. The van der Waals surface area contributed by atoms with Gasteiger partial charge in [-0.05, 0) is 99.3 Å². The Kier molecular flexibility index (Phi) is 9.71. The Morgan fingerprint density at radius 2 is 1.79 bits per heavy atom. The predicted molar refractivity (Wildman–Crippen MR) is 162 cm³/mol. The minimum absolute atomic E-state index is 0.0913. The quantitative estimate of drug-likeness (QED) is 0.227. The minimum atomic E-state index is -0.0913. The molecule has 0 N–H and O–H groups in total. The fourth-order valence-corrected chi connectivity index (χ4v) is 5.67. The zero-order valence-electron chi connectivity index (χ0n) is 20.8. The number of hydrogen-bond donors (Lipinski definition) is 0. The second-order valence-electron chi connectivity index (χ2n) is 8.86. The van der Waals surface area contributed by atoms with E-state index in [0.29, 0.717) is 47.7 Å². The lowest BCUT2D eigenvalue weighted by Gasteiger charge is -2.17. The highest BCUT2D eigenvalue weighted by atomic mass is 79.9. The molecule has 1 aliphatic rings. The van der Waals surface area contributed by atoms with E-state index in [0.717, 1.165) is 16.8 Å². The van der Waals surface area contributed by atoms with E-state index in [2.05, 4.69) is 29.8 Å². The second-order valence-corrected chi connectivity index (χ2v) is 12.0. The minimum Gasteiger partial charge on any atom is -0.493 e. The van der Waals surface area contributed by atoms with Crippen LogP contribution in [0.1, 0.15) is 25.0 Å². The smallest absolute Gasteiger partial charge is 0.266 e. The van der Waals surface area contributed by atoms with E-state index in [-0.39, 0.29) is 18.4 Å². The van der Waals surface area contributed by atoms with Crippen molar-refractivity contribution in [3.63, 3.8) is 0 Å². The van der Waals surface area contributed by atoms with Gasteiger partial charge in [0.2, 0.25) is 0 Å². The number of methoxy groups -OCH3 is 1. The number of amides is 1. The van der Waals surface area contributed by atoms with Crippen LogP contribution in [0.25, 0.3) is 6.08 Å². The third-order valence-electron chi connectivity index (χ3n) is 5.40. The maximum absolute atomic E-state index is 13.4. The molecule has 4 rings (SSSR count). The van der Waals surface area contributed by atoms with Gasteiger partial charge in [0.05, 0.1) is 32.2 Å². The number of carbonyl (C=O) groups is 1. The van der Waals surface area contributed by atoms with Crippen molar-refractivity contribution in [3.05, 3.63) is 90.2 Å². The van der Waals surface area contributed by atoms with Crippen LogP contribution in [-0.4, -0.2) is 29.6 Å². The second kappa shape index (κ2) is 12.8. The first-order valence-electron chi connectivity index (χ1n) is 11.6. The Hall–Kier alpha value is -2.16. The molecule has 0 aliphatic carbocycles. The SMILES string of the molecule is COc1cc(/C=C2\SC(=Nc3ccc(Cl)cc3)N(CC(C)C)C2=O)cc(Br)c1OCc1ccc(Cl)c(Cl)c1. The molecule has 1 saturated heterocycles. The molecular formula is C28H24BrCl3N2O3S. The van der Waals surface area contributed by atoms with Crippen LogP contribution >= 0.6 is 62.5 Å². The van der Waals surface area contributed by atoms with Gasteiger partial charge in [0.1, 0.15) is 6.61 Å². The third kappa shape index (κ3) is 7.07. The highest BCUT2D eigenvalue weighted by Crippen LogP contribution is 2.40. The lowest BCUT2D eigenvalue weighted by Crippen LogP contribution is -2.32. The third-order valence-corrected chi connectivity index (χ3v) is 7.99. The van der Waals surface area contributed by atoms with E-state index in [4.69, 9.17) is 49.3 Å². The fourth-order valence-electron chi connectivity index (χ4n) is 3.64. The van der Waals surface area contributed by atoms with E-state index >= 15 is 0 Å². The number of carbonyl (C=O) groups excluding carboxylic acids is 1. The van der Waals surface area contributed by atoms with Crippen molar-refractivity contribution < 1.29 is 14.3 Å². The van der Waals surface area contributed by atoms with Crippen molar-refractivity contribution in [2.45, 2.75) is 20.5 Å². The summed E-state index contributed by atoms with van der Waals surface area (Å²) in [6.07, 6.45) is 1.83. The van der Waals surface area contributed by atoms with E-state index in [9.17, 15) is 4.79 Å². The highest BCUT2D eigenvalue weighted by Gasteiger charge is 2.34. The maximum atomic E-state index is 13.4. The summed E-state index contributed by atoms with van der Waals surface area (Å²) in [6, 6.07) is 16.3. The van der Waals surface area contributed by atoms with Gasteiger partial charge in [0.25, 0.3) is 5.91 Å². The molecule has 0 unspecified atom stereocenters. The molecule has 1 fully saturated rings. The van der Waals surface area contributed by atoms with Gasteiger partial charge in [-0.1, -0.05) is 54.7 Å². The number of ether oxygens (including phenoxy) is 2. The summed E-state index contributed by atoms with van der Waals surface area (Å²) < 4.78 is 12.3. The van der Waals surface area contributed by atoms with Crippen LogP contribution in [0.5, 0.6) is 11.5 Å². The molecule has 38 heavy (non-hydrogen) atoms. The molecule has 5 nitrogen and oxygen atoms in total. The van der Waals surface area contributed by atoms with E-state index in [1.807, 2.05) is 36.4 Å². The summed E-state index contributed by atoms with van der Waals surface area (Å²) in [6.45, 7) is 4.97. The van der Waals surface area contributed by atoms with E-state index in [1.165, 1.54) is 11.8 Å². The van der Waals surface area contributed by atoms with E-state index in [1.54, 1.807) is 36.3 Å². The van der Waals surface area contributed by atoms with Crippen LogP contribution in [0.15, 0.2) is 69.0 Å². The molecule has 0 saturated carbocycles. The van der Waals surface area contributed by atoms with Crippen LogP contribution < -0.4 is 9.47 Å². The first kappa shape index (κ1) is 28.8. The lowest BCUT2D eigenvalue weighted by atomic mass is 10.1. The monoisotopic (exact) mass is 652 g/mol. The number of thioether (sulfide) groups is 1. The fraction of sp³-hybridized carbons (Fsp3) is 0.214. The Morgan fingerprint density at radius 3 is 2.45 bits per heavy atom. The van der Waals surface area contributed by atoms with Crippen LogP contribution in [-0.2, 0) is 11.4 Å². The number of amidine groups is 1. The summed E-state index contributed by atoms with van der Waals surface area (Å²) in [5.41, 5.74) is 2.38. The number of hydrogen-bond acceptors (Lipinski definition) is 5. The molecule has 0 atom stereocenters. The van der Waals surface area contributed by atoms with Gasteiger partial charge in [-0.3, -0.25) is 9.69 Å². The van der Waals surface area contributed by atoms with Crippen molar-refractivity contribution in [1.29, 1.82) is 0 Å². The average Bonchev–Trinajstić information content (AvgIpc) is 3.14. The van der Waals surface area contributed by atoms with Crippen molar-refractivity contribution >= 4 is 85.3 Å². The zero-order valence-corrected chi connectivity index (χ0v) is 25.5.